The summed E-state index contributed by atoms with van der Waals surface area (Å²) in [5.41, 5.74) is 8.61. The average Bonchev–Trinajstić information content (AvgIpc) is 3.48. The second kappa shape index (κ2) is 16.1. The molecular weight excluding hydrogens is 559 g/mol. The van der Waals surface area contributed by atoms with E-state index in [1.165, 1.54) is 54.8 Å². The van der Waals surface area contributed by atoms with Crippen LogP contribution in [-0.4, -0.2) is 0 Å². The van der Waals surface area contributed by atoms with Crippen LogP contribution in [0.2, 0.25) is 0 Å². The van der Waals surface area contributed by atoms with E-state index in [2.05, 4.69) is 169 Å². The quantitative estimate of drug-likeness (QED) is 0.107. The van der Waals surface area contributed by atoms with Gasteiger partial charge < -0.3 is 0 Å². The molecule has 0 radical (unpaired) electrons. The molecule has 0 fully saturated rings. The molecule has 0 amide bonds. The van der Waals surface area contributed by atoms with Crippen molar-refractivity contribution in [2.75, 3.05) is 0 Å². The van der Waals surface area contributed by atoms with Crippen LogP contribution in [0.25, 0.3) is 10.8 Å². The van der Waals surface area contributed by atoms with Crippen molar-refractivity contribution in [1.29, 1.82) is 0 Å². The molecule has 6 rings (SSSR count). The second-order valence-electron chi connectivity index (χ2n) is 11.4. The molecule has 0 saturated heterocycles. The first-order valence-corrected chi connectivity index (χ1v) is 15.6. The molecule has 0 N–H and O–H groups in total. The summed E-state index contributed by atoms with van der Waals surface area (Å²) in [6, 6.07) is 43.0. The Morgan fingerprint density at radius 3 is 1.67 bits per heavy atom. The van der Waals surface area contributed by atoms with Crippen molar-refractivity contribution in [1.82, 2.24) is 0 Å². The third kappa shape index (κ3) is 9.31. The summed E-state index contributed by atoms with van der Waals surface area (Å²) in [7, 11) is 0.754. The molecule has 1 aliphatic carbocycles. The molecule has 42 heavy (non-hydrogen) atoms. The molecule has 1 atom stereocenters. The zero-order valence-corrected chi connectivity index (χ0v) is 28.5. The van der Waals surface area contributed by atoms with Gasteiger partial charge in [0.2, 0.25) is 0 Å². The minimum atomic E-state index is 0. The summed E-state index contributed by atoms with van der Waals surface area (Å²) in [6.07, 6.45) is 5.69. The fourth-order valence-electron chi connectivity index (χ4n) is 5.10. The Bertz CT molecular complexity index is 1560. The smallest absolute Gasteiger partial charge is 0.263 e. The van der Waals surface area contributed by atoms with Gasteiger partial charge in [-0.2, -0.15) is 17.2 Å². The van der Waals surface area contributed by atoms with E-state index in [9.17, 15) is 0 Å². The van der Waals surface area contributed by atoms with Crippen LogP contribution in [0.5, 0.6) is 0 Å². The molecule has 5 aromatic rings. The summed E-state index contributed by atoms with van der Waals surface area (Å²) >= 11 is 0. The van der Waals surface area contributed by atoms with Crippen molar-refractivity contribution in [3.63, 3.8) is 0 Å². The molecule has 1 unspecified atom stereocenters. The van der Waals surface area contributed by atoms with Crippen LogP contribution >= 0.6 is 8.58 Å². The molecule has 0 spiro atoms. The van der Waals surface area contributed by atoms with E-state index in [0.717, 1.165) is 21.4 Å². The third-order valence-electron chi connectivity index (χ3n) is 8.05. The maximum absolute atomic E-state index is 3.44. The van der Waals surface area contributed by atoms with E-state index < -0.39 is 0 Å². The first-order valence-electron chi connectivity index (χ1n) is 14.6. The van der Waals surface area contributed by atoms with Crippen LogP contribution in [-0.2, 0) is 34.6 Å². The number of rotatable bonds is 5. The van der Waals surface area contributed by atoms with Crippen molar-refractivity contribution in [3.05, 3.63) is 161 Å². The summed E-state index contributed by atoms with van der Waals surface area (Å²) in [6.45, 7) is 13.1. The topological polar surface area (TPSA) is 0 Å². The van der Waals surface area contributed by atoms with E-state index >= 15 is 0 Å². The standard InChI is InChI=1S/C16H14P.C14H14.C10H15.Ti/c1-12-6-2-5-9-15(12)17-16-11-10-13-7-3-4-8-14(13)16;1-3-7-13(8-4-1)11-12-14-9-5-2-6-10-14;1-7-6-10(4,5)9(3)8(7)2;/h2-11,17H,1H3;1-10H,11-12H2;1-5H3;/q-1;;-1;+2. The number of hydrogen-bond donors (Lipinski definition) is 0. The average molecular weight is 603 g/mol. The fourth-order valence-corrected chi connectivity index (χ4v) is 6.38. The summed E-state index contributed by atoms with van der Waals surface area (Å²) < 4.78 is 0. The van der Waals surface area contributed by atoms with Crippen LogP contribution in [0.4, 0.5) is 0 Å². The Labute approximate surface area is 271 Å². The number of hydrogen-bond acceptors (Lipinski definition) is 0. The van der Waals surface area contributed by atoms with Crippen LogP contribution in [0.1, 0.15) is 51.3 Å². The maximum Gasteiger partial charge on any atom is 2.00 e. The van der Waals surface area contributed by atoms with Gasteiger partial charge in [-0.1, -0.05) is 124 Å². The monoisotopic (exact) mass is 602 g/mol. The van der Waals surface area contributed by atoms with Crippen molar-refractivity contribution < 1.29 is 21.7 Å². The van der Waals surface area contributed by atoms with E-state index in [0.29, 0.717) is 0 Å². The molecule has 0 saturated carbocycles. The largest absolute Gasteiger partial charge is 2.00 e. The van der Waals surface area contributed by atoms with Gasteiger partial charge >= 0.3 is 21.7 Å². The Balaban J connectivity index is 0.000000177. The zero-order valence-electron chi connectivity index (χ0n) is 26.0. The molecule has 0 bridgehead atoms. The van der Waals surface area contributed by atoms with Crippen molar-refractivity contribution in [2.45, 2.75) is 54.4 Å². The Hall–Kier alpha value is -2.89. The summed E-state index contributed by atoms with van der Waals surface area (Å²) in [5, 5.41) is 5.65. The predicted molar refractivity (Wildman–Crippen MR) is 183 cm³/mol. The van der Waals surface area contributed by atoms with Crippen molar-refractivity contribution >= 4 is 30.0 Å². The number of aryl methyl sites for hydroxylation is 3. The number of fused-ring (bicyclic) bond motifs is 1. The molecule has 0 heterocycles. The van der Waals surface area contributed by atoms with Crippen LogP contribution in [0, 0.1) is 18.4 Å². The van der Waals surface area contributed by atoms with E-state index in [1.807, 2.05) is 0 Å². The van der Waals surface area contributed by atoms with E-state index in [-0.39, 0.29) is 27.1 Å². The molecule has 2 heteroatoms. The molecule has 0 nitrogen and oxygen atoms in total. The van der Waals surface area contributed by atoms with Gasteiger partial charge in [0.1, 0.15) is 0 Å². The molecule has 1 aliphatic rings. The molecule has 0 aromatic heterocycles. The summed E-state index contributed by atoms with van der Waals surface area (Å²) in [4.78, 5) is 0. The van der Waals surface area contributed by atoms with Gasteiger partial charge in [-0.15, -0.1) is 55.8 Å². The van der Waals surface area contributed by atoms with Gasteiger partial charge in [0.25, 0.3) is 0 Å². The maximum atomic E-state index is 3.44. The molecular formula is C40H43PTi. The Kier molecular flexibility index (Phi) is 12.9. The van der Waals surface area contributed by atoms with Gasteiger partial charge in [0, 0.05) is 0 Å². The fraction of sp³-hybridized carbons (Fsp3) is 0.225. The van der Waals surface area contributed by atoms with Crippen LogP contribution in [0.3, 0.4) is 0 Å². The molecule has 5 aromatic carbocycles. The van der Waals surface area contributed by atoms with Crippen molar-refractivity contribution in [2.24, 2.45) is 5.41 Å². The first-order chi connectivity index (χ1) is 19.7. The minimum Gasteiger partial charge on any atom is -0.263 e. The Morgan fingerprint density at radius 2 is 1.17 bits per heavy atom. The number of allylic oxidation sites excluding steroid dienone is 4. The van der Waals surface area contributed by atoms with Gasteiger partial charge in [-0.3, -0.25) is 6.08 Å². The summed E-state index contributed by atoms with van der Waals surface area (Å²) in [5.74, 6) is 0. The zero-order chi connectivity index (χ0) is 29.2. The van der Waals surface area contributed by atoms with Gasteiger partial charge in [-0.25, -0.2) is 5.57 Å². The van der Waals surface area contributed by atoms with Gasteiger partial charge in [-0.05, 0) is 41.8 Å². The van der Waals surface area contributed by atoms with E-state index in [1.54, 1.807) is 0 Å². The van der Waals surface area contributed by atoms with Crippen LogP contribution < -0.4 is 10.6 Å². The van der Waals surface area contributed by atoms with Crippen LogP contribution in [0.15, 0.2) is 138 Å². The molecule has 0 aliphatic heterocycles. The predicted octanol–water partition coefficient (Wildman–Crippen LogP) is 10.1. The minimum absolute atomic E-state index is 0. The van der Waals surface area contributed by atoms with Gasteiger partial charge in [0.05, 0.1) is 0 Å². The van der Waals surface area contributed by atoms with Gasteiger partial charge in [0.15, 0.2) is 0 Å². The van der Waals surface area contributed by atoms with E-state index in [4.69, 9.17) is 0 Å². The number of benzene rings is 4. The normalized spacial score (nSPS) is 13.6. The van der Waals surface area contributed by atoms with Crippen molar-refractivity contribution in [3.8, 4) is 0 Å². The molecule has 212 valence electrons. The third-order valence-corrected chi connectivity index (χ3v) is 9.58. The SMILES string of the molecule is CC1=[C-]C(C)(C)C(C)=C1C.Cc1ccccc1P[c-]1ccc2ccccc21.[Ti+2].c1ccc(CCc2ccccc2)cc1. The Morgan fingerprint density at radius 1 is 0.643 bits per heavy atom. The second-order valence-corrected chi connectivity index (χ2v) is 12.7. The first kappa shape index (κ1) is 33.6.